The number of aryl methyl sites for hydroxylation is 2. The maximum absolute atomic E-state index is 12.7. The van der Waals surface area contributed by atoms with Crippen LogP contribution in [0.25, 0.3) is 0 Å². The molecule has 0 radical (unpaired) electrons. The number of ketones is 1. The SMILES string of the molecule is CCC(CC)(c1ccc(OCC(O)C(C)(C)C)c(C)c1)c1ccc(C(=O)N[C@H](C)C(C)=O)c(C)c1. The second-order valence-corrected chi connectivity index (χ2v) is 10.8. The molecule has 1 unspecified atom stereocenters. The van der Waals surface area contributed by atoms with Crippen LogP contribution >= 0.6 is 0 Å². The van der Waals surface area contributed by atoms with Gasteiger partial charge in [0.1, 0.15) is 12.4 Å². The van der Waals surface area contributed by atoms with Gasteiger partial charge in [-0.1, -0.05) is 58.9 Å². The van der Waals surface area contributed by atoms with Gasteiger partial charge in [0.15, 0.2) is 5.78 Å². The molecule has 0 heterocycles. The lowest BCUT2D eigenvalue weighted by atomic mass is 9.70. The molecule has 0 bridgehead atoms. The minimum absolute atomic E-state index is 0.0701. The number of ether oxygens (including phenoxy) is 1. The highest BCUT2D eigenvalue weighted by atomic mass is 16.5. The van der Waals surface area contributed by atoms with Gasteiger partial charge in [0, 0.05) is 11.0 Å². The molecule has 0 fully saturated rings. The van der Waals surface area contributed by atoms with E-state index >= 15 is 0 Å². The van der Waals surface area contributed by atoms with E-state index < -0.39 is 12.1 Å². The van der Waals surface area contributed by atoms with Gasteiger partial charge in [0.25, 0.3) is 5.91 Å². The molecule has 5 nitrogen and oxygen atoms in total. The smallest absolute Gasteiger partial charge is 0.252 e. The molecular weight excluding hydrogens is 438 g/mol. The zero-order valence-corrected chi connectivity index (χ0v) is 22.9. The van der Waals surface area contributed by atoms with Crippen LogP contribution in [0.5, 0.6) is 5.75 Å². The van der Waals surface area contributed by atoms with Crippen LogP contribution in [0.2, 0.25) is 0 Å². The Hall–Kier alpha value is -2.66. The van der Waals surface area contributed by atoms with Crippen molar-refractivity contribution < 1.29 is 19.4 Å². The van der Waals surface area contributed by atoms with Gasteiger partial charge in [-0.2, -0.15) is 0 Å². The quantitative estimate of drug-likeness (QED) is 0.443. The molecule has 2 aromatic rings. The van der Waals surface area contributed by atoms with Gasteiger partial charge in [-0.05, 0) is 80.3 Å². The van der Waals surface area contributed by atoms with Gasteiger partial charge in [0.2, 0.25) is 0 Å². The predicted octanol–water partition coefficient (Wildman–Crippen LogP) is 5.90. The van der Waals surface area contributed by atoms with E-state index in [9.17, 15) is 14.7 Å². The molecule has 192 valence electrons. The van der Waals surface area contributed by atoms with Gasteiger partial charge < -0.3 is 15.2 Å². The number of Topliss-reactive ketones (excluding diaryl/α,β-unsaturated/α-hetero) is 1. The molecule has 0 aromatic heterocycles. The van der Waals surface area contributed by atoms with Crippen molar-refractivity contribution >= 4 is 11.7 Å². The largest absolute Gasteiger partial charge is 0.491 e. The Balaban J connectivity index is 2.37. The summed E-state index contributed by atoms with van der Waals surface area (Å²) >= 11 is 0. The van der Waals surface area contributed by atoms with E-state index in [2.05, 4.69) is 37.4 Å². The predicted molar refractivity (Wildman–Crippen MR) is 142 cm³/mol. The third-order valence-electron chi connectivity index (χ3n) is 7.31. The Bertz CT molecular complexity index is 1050. The average Bonchev–Trinajstić information content (AvgIpc) is 2.78. The highest BCUT2D eigenvalue weighted by Gasteiger charge is 2.32. The summed E-state index contributed by atoms with van der Waals surface area (Å²) in [4.78, 5) is 24.3. The van der Waals surface area contributed by atoms with Crippen LogP contribution in [-0.2, 0) is 10.2 Å². The van der Waals surface area contributed by atoms with Crippen LogP contribution in [-0.4, -0.2) is 35.5 Å². The fourth-order valence-electron chi connectivity index (χ4n) is 4.35. The van der Waals surface area contributed by atoms with Crippen molar-refractivity contribution in [1.29, 1.82) is 0 Å². The Morgan fingerprint density at radius 1 is 0.971 bits per heavy atom. The highest BCUT2D eigenvalue weighted by Crippen LogP contribution is 2.41. The Kier molecular flexibility index (Phi) is 9.29. The van der Waals surface area contributed by atoms with Crippen molar-refractivity contribution in [2.45, 2.75) is 92.7 Å². The summed E-state index contributed by atoms with van der Waals surface area (Å²) in [5, 5.41) is 13.1. The lowest BCUT2D eigenvalue weighted by Crippen LogP contribution is -2.37. The molecule has 2 aromatic carbocycles. The first-order valence-corrected chi connectivity index (χ1v) is 12.6. The van der Waals surface area contributed by atoms with Gasteiger partial charge in [0.05, 0.1) is 12.1 Å². The second kappa shape index (κ2) is 11.4. The normalized spacial score (nSPS) is 13.8. The number of nitrogens with one attached hydrogen (secondary N) is 1. The van der Waals surface area contributed by atoms with Crippen molar-refractivity contribution in [2.75, 3.05) is 6.61 Å². The third-order valence-corrected chi connectivity index (χ3v) is 7.31. The molecule has 0 saturated carbocycles. The van der Waals surface area contributed by atoms with Crippen LogP contribution in [0.15, 0.2) is 36.4 Å². The summed E-state index contributed by atoms with van der Waals surface area (Å²) in [7, 11) is 0. The number of hydrogen-bond acceptors (Lipinski definition) is 4. The van der Waals surface area contributed by atoms with E-state index in [1.807, 2.05) is 52.8 Å². The molecule has 2 atom stereocenters. The monoisotopic (exact) mass is 481 g/mol. The first kappa shape index (κ1) is 28.6. The van der Waals surface area contributed by atoms with E-state index in [4.69, 9.17) is 4.74 Å². The fraction of sp³-hybridized carbons (Fsp3) is 0.533. The first-order chi connectivity index (χ1) is 16.3. The Labute approximate surface area is 211 Å². The molecule has 2 rings (SSSR count). The van der Waals surface area contributed by atoms with Crippen molar-refractivity contribution in [3.05, 3.63) is 64.2 Å². The molecule has 0 saturated heterocycles. The number of carbonyl (C=O) groups is 2. The zero-order valence-electron chi connectivity index (χ0n) is 22.9. The molecule has 0 aliphatic rings. The summed E-state index contributed by atoms with van der Waals surface area (Å²) in [5.74, 6) is 0.477. The number of hydrogen-bond donors (Lipinski definition) is 2. The van der Waals surface area contributed by atoms with Crippen LogP contribution in [0.1, 0.15) is 93.9 Å². The zero-order chi connectivity index (χ0) is 26.6. The molecule has 2 N–H and O–H groups in total. The van der Waals surface area contributed by atoms with Gasteiger partial charge in [-0.15, -0.1) is 0 Å². The topological polar surface area (TPSA) is 75.6 Å². The number of aliphatic hydroxyl groups excluding tert-OH is 1. The minimum atomic E-state index is -0.552. The van der Waals surface area contributed by atoms with E-state index in [-0.39, 0.29) is 29.1 Å². The van der Waals surface area contributed by atoms with Crippen molar-refractivity contribution in [1.82, 2.24) is 5.32 Å². The van der Waals surface area contributed by atoms with E-state index in [0.29, 0.717) is 5.56 Å². The standard InChI is InChI=1S/C30H43NO4/c1-10-30(11-2,23-12-14-25(19(3)16-23)28(34)31-21(5)22(6)32)24-13-15-26(20(4)17-24)35-18-27(33)29(7,8)9/h12-17,21,27,33H,10-11,18H2,1-9H3,(H,31,34)/t21-,27?/m1/s1. The number of rotatable bonds is 10. The van der Waals surface area contributed by atoms with Gasteiger partial charge in [-0.25, -0.2) is 0 Å². The second-order valence-electron chi connectivity index (χ2n) is 10.8. The first-order valence-electron chi connectivity index (χ1n) is 12.6. The van der Waals surface area contributed by atoms with E-state index in [0.717, 1.165) is 35.3 Å². The summed E-state index contributed by atoms with van der Waals surface area (Å²) in [6.07, 6.45) is 1.25. The van der Waals surface area contributed by atoms with Crippen LogP contribution < -0.4 is 10.1 Å². The van der Waals surface area contributed by atoms with Gasteiger partial charge in [-0.3, -0.25) is 9.59 Å². The van der Waals surface area contributed by atoms with Crippen molar-refractivity contribution in [3.8, 4) is 5.75 Å². The third kappa shape index (κ3) is 6.52. The maximum Gasteiger partial charge on any atom is 0.252 e. The van der Waals surface area contributed by atoms with E-state index in [1.165, 1.54) is 12.5 Å². The summed E-state index contributed by atoms with van der Waals surface area (Å²) in [5.41, 5.74) is 4.41. The number of benzene rings is 2. The summed E-state index contributed by atoms with van der Waals surface area (Å²) in [6.45, 7) is 17.8. The Morgan fingerprint density at radius 2 is 1.51 bits per heavy atom. The Morgan fingerprint density at radius 3 is 1.97 bits per heavy atom. The highest BCUT2D eigenvalue weighted by molar-refractivity contribution is 5.98. The molecule has 35 heavy (non-hydrogen) atoms. The van der Waals surface area contributed by atoms with E-state index in [1.54, 1.807) is 6.92 Å². The average molecular weight is 482 g/mol. The lowest BCUT2D eigenvalue weighted by molar-refractivity contribution is -0.118. The molecule has 1 amide bonds. The summed E-state index contributed by atoms with van der Waals surface area (Å²) < 4.78 is 5.96. The van der Waals surface area contributed by atoms with Crippen LogP contribution in [0.3, 0.4) is 0 Å². The molecule has 5 heteroatoms. The van der Waals surface area contributed by atoms with Gasteiger partial charge >= 0.3 is 0 Å². The maximum atomic E-state index is 12.7. The lowest BCUT2D eigenvalue weighted by Gasteiger charge is -2.34. The van der Waals surface area contributed by atoms with Crippen LogP contribution in [0, 0.1) is 19.3 Å². The molecule has 0 aliphatic carbocycles. The van der Waals surface area contributed by atoms with Crippen molar-refractivity contribution in [3.63, 3.8) is 0 Å². The number of amides is 1. The minimum Gasteiger partial charge on any atom is -0.491 e. The molecular formula is C30H43NO4. The van der Waals surface area contributed by atoms with Crippen LogP contribution in [0.4, 0.5) is 0 Å². The summed E-state index contributed by atoms with van der Waals surface area (Å²) in [6, 6.07) is 11.8. The number of aliphatic hydroxyl groups is 1. The number of carbonyl (C=O) groups excluding carboxylic acids is 2. The fourth-order valence-corrected chi connectivity index (χ4v) is 4.35. The molecule has 0 spiro atoms. The molecule has 0 aliphatic heterocycles. The van der Waals surface area contributed by atoms with Crippen molar-refractivity contribution in [2.24, 2.45) is 5.41 Å².